The summed E-state index contributed by atoms with van der Waals surface area (Å²) >= 11 is 0. The van der Waals surface area contributed by atoms with Gasteiger partial charge >= 0.3 is 0 Å². The molecule has 130 valence electrons. The molecule has 3 N–H and O–H groups in total. The summed E-state index contributed by atoms with van der Waals surface area (Å²) in [5.74, 6) is 0.564. The first-order chi connectivity index (χ1) is 12.6. The Morgan fingerprint density at radius 2 is 1.88 bits per heavy atom. The van der Waals surface area contributed by atoms with Gasteiger partial charge in [0, 0.05) is 11.1 Å². The first kappa shape index (κ1) is 17.3. The van der Waals surface area contributed by atoms with Crippen LogP contribution >= 0.6 is 0 Å². The van der Waals surface area contributed by atoms with Crippen molar-refractivity contribution in [1.82, 2.24) is 4.98 Å². The largest absolute Gasteiger partial charge is 0.504 e. The summed E-state index contributed by atoms with van der Waals surface area (Å²) in [5, 5.41) is 19.6. The van der Waals surface area contributed by atoms with E-state index in [0.717, 1.165) is 27.9 Å². The quantitative estimate of drug-likeness (QED) is 0.741. The normalized spacial score (nSPS) is 10.3. The Morgan fingerprint density at radius 3 is 2.50 bits per heavy atom. The van der Waals surface area contributed by atoms with Gasteiger partial charge in [0.25, 0.3) is 0 Å². The van der Waals surface area contributed by atoms with Crippen molar-refractivity contribution in [2.45, 2.75) is 13.3 Å². The Hall–Kier alpha value is -3.52. The van der Waals surface area contributed by atoms with Crippen molar-refractivity contribution in [3.05, 3.63) is 59.7 Å². The molecule has 1 aromatic heterocycles. The number of nitrogen functional groups attached to an aromatic ring is 1. The van der Waals surface area contributed by atoms with Gasteiger partial charge in [-0.1, -0.05) is 43.3 Å². The summed E-state index contributed by atoms with van der Waals surface area (Å²) in [4.78, 5) is 4.51. The van der Waals surface area contributed by atoms with Crippen LogP contribution in [0.5, 0.6) is 11.5 Å². The van der Waals surface area contributed by atoms with Crippen LogP contribution in [0.15, 0.2) is 48.5 Å². The van der Waals surface area contributed by atoms with E-state index in [1.807, 2.05) is 37.3 Å². The number of hydrogen-bond acceptors (Lipinski definition) is 5. The number of rotatable bonds is 4. The molecule has 0 amide bonds. The smallest absolute Gasteiger partial charge is 0.161 e. The highest BCUT2D eigenvalue weighted by Crippen LogP contribution is 2.39. The molecule has 0 saturated heterocycles. The van der Waals surface area contributed by atoms with E-state index in [4.69, 9.17) is 10.5 Å². The van der Waals surface area contributed by atoms with Gasteiger partial charge < -0.3 is 15.6 Å². The molecule has 0 bridgehead atoms. The highest BCUT2D eigenvalue weighted by molar-refractivity contribution is 5.85. The number of phenols is 1. The maximum absolute atomic E-state index is 9.90. The summed E-state index contributed by atoms with van der Waals surface area (Å²) in [5.41, 5.74) is 10.5. The number of nitrogens with zero attached hydrogens (tertiary/aromatic N) is 2. The second kappa shape index (κ2) is 7.16. The molecule has 0 saturated carbocycles. The molecule has 26 heavy (non-hydrogen) atoms. The van der Waals surface area contributed by atoms with E-state index in [-0.39, 0.29) is 11.6 Å². The number of nitrogens with two attached hydrogens (primary N) is 1. The molecule has 2 aromatic carbocycles. The van der Waals surface area contributed by atoms with E-state index in [1.165, 1.54) is 7.11 Å². The van der Waals surface area contributed by atoms with Gasteiger partial charge in [-0.15, -0.1) is 0 Å². The second-order valence-electron chi connectivity index (χ2n) is 5.79. The van der Waals surface area contributed by atoms with Gasteiger partial charge in [0.1, 0.15) is 17.5 Å². The van der Waals surface area contributed by atoms with Crippen molar-refractivity contribution in [2.24, 2.45) is 0 Å². The van der Waals surface area contributed by atoms with Crippen LogP contribution in [0.25, 0.3) is 22.4 Å². The minimum absolute atomic E-state index is 0.0399. The monoisotopic (exact) mass is 345 g/mol. The summed E-state index contributed by atoms with van der Waals surface area (Å²) in [7, 11) is 1.49. The predicted octanol–water partition coefficient (Wildman–Crippen LogP) is 4.15. The summed E-state index contributed by atoms with van der Waals surface area (Å²) in [6.45, 7) is 2.02. The molecule has 3 aromatic rings. The van der Waals surface area contributed by atoms with E-state index >= 15 is 0 Å². The van der Waals surface area contributed by atoms with E-state index in [9.17, 15) is 10.4 Å². The van der Waals surface area contributed by atoms with Crippen LogP contribution in [0.1, 0.15) is 18.1 Å². The maximum Gasteiger partial charge on any atom is 0.161 e. The molecule has 0 fully saturated rings. The molecule has 0 atom stereocenters. The third kappa shape index (κ3) is 2.93. The van der Waals surface area contributed by atoms with Crippen molar-refractivity contribution in [3.63, 3.8) is 0 Å². The summed E-state index contributed by atoms with van der Waals surface area (Å²) < 4.78 is 5.22. The lowest BCUT2D eigenvalue weighted by Gasteiger charge is -2.17. The predicted molar refractivity (Wildman–Crippen MR) is 102 cm³/mol. The Bertz CT molecular complexity index is 992. The SMILES string of the molecule is CCc1c(-c2ccccc2)nc(N)c(C#N)c1-c1ccc(O)c(OC)c1. The van der Waals surface area contributed by atoms with Crippen molar-refractivity contribution in [3.8, 4) is 40.0 Å². The average Bonchev–Trinajstić information content (AvgIpc) is 2.68. The van der Waals surface area contributed by atoms with Crippen LogP contribution in [0, 0.1) is 11.3 Å². The van der Waals surface area contributed by atoms with Gasteiger partial charge in [0.2, 0.25) is 0 Å². The molecule has 5 heteroatoms. The van der Waals surface area contributed by atoms with E-state index < -0.39 is 0 Å². The number of methoxy groups -OCH3 is 1. The highest BCUT2D eigenvalue weighted by atomic mass is 16.5. The fourth-order valence-corrected chi connectivity index (χ4v) is 3.09. The number of nitriles is 1. The zero-order valence-electron chi connectivity index (χ0n) is 14.7. The number of pyridine rings is 1. The van der Waals surface area contributed by atoms with Crippen LogP contribution in [0.3, 0.4) is 0 Å². The number of benzene rings is 2. The topological polar surface area (TPSA) is 92.2 Å². The molecule has 0 spiro atoms. The second-order valence-corrected chi connectivity index (χ2v) is 5.79. The van der Waals surface area contributed by atoms with Gasteiger partial charge in [-0.2, -0.15) is 5.26 Å². The minimum Gasteiger partial charge on any atom is -0.504 e. The van der Waals surface area contributed by atoms with E-state index in [1.54, 1.807) is 18.2 Å². The van der Waals surface area contributed by atoms with Crippen molar-refractivity contribution in [2.75, 3.05) is 12.8 Å². The van der Waals surface area contributed by atoms with E-state index in [2.05, 4.69) is 11.1 Å². The Morgan fingerprint density at radius 1 is 1.15 bits per heavy atom. The highest BCUT2D eigenvalue weighted by Gasteiger charge is 2.20. The molecule has 5 nitrogen and oxygen atoms in total. The number of aromatic hydroxyl groups is 1. The van der Waals surface area contributed by atoms with Gasteiger partial charge in [0.15, 0.2) is 11.5 Å². The van der Waals surface area contributed by atoms with Crippen LogP contribution in [-0.4, -0.2) is 17.2 Å². The number of aromatic nitrogens is 1. The molecular weight excluding hydrogens is 326 g/mol. The Kier molecular flexibility index (Phi) is 4.76. The molecule has 3 rings (SSSR count). The first-order valence-electron chi connectivity index (χ1n) is 8.25. The van der Waals surface area contributed by atoms with Crippen LogP contribution in [0.2, 0.25) is 0 Å². The van der Waals surface area contributed by atoms with Gasteiger partial charge in [-0.05, 0) is 29.7 Å². The first-order valence-corrected chi connectivity index (χ1v) is 8.25. The standard InChI is InChI=1S/C21H19N3O2/c1-3-15-19(14-9-10-17(25)18(11-14)26-2)16(12-22)21(23)24-20(15)13-7-5-4-6-8-13/h4-11,25H,3H2,1-2H3,(H2,23,24). The van der Waals surface area contributed by atoms with E-state index in [0.29, 0.717) is 17.7 Å². The molecule has 0 aliphatic rings. The van der Waals surface area contributed by atoms with Crippen LogP contribution in [0.4, 0.5) is 5.82 Å². The van der Waals surface area contributed by atoms with Gasteiger partial charge in [-0.3, -0.25) is 0 Å². The molecular formula is C21H19N3O2. The zero-order valence-corrected chi connectivity index (χ0v) is 14.7. The number of phenolic OH excluding ortho intramolecular Hbond substituents is 1. The third-order valence-electron chi connectivity index (χ3n) is 4.31. The molecule has 0 aliphatic heterocycles. The number of hydrogen-bond donors (Lipinski definition) is 2. The Balaban J connectivity index is 2.37. The third-order valence-corrected chi connectivity index (χ3v) is 4.31. The lowest BCUT2D eigenvalue weighted by molar-refractivity contribution is 0.373. The molecule has 0 aliphatic carbocycles. The fraction of sp³-hybridized carbons (Fsp3) is 0.143. The molecule has 0 unspecified atom stereocenters. The number of ether oxygens (including phenoxy) is 1. The fourth-order valence-electron chi connectivity index (χ4n) is 3.09. The Labute approximate surface area is 152 Å². The summed E-state index contributed by atoms with van der Waals surface area (Å²) in [6, 6.07) is 16.9. The zero-order chi connectivity index (χ0) is 18.7. The van der Waals surface area contributed by atoms with Crippen molar-refractivity contribution < 1.29 is 9.84 Å². The minimum atomic E-state index is 0.0399. The molecule has 0 radical (unpaired) electrons. The van der Waals surface area contributed by atoms with Gasteiger partial charge in [-0.25, -0.2) is 4.98 Å². The average molecular weight is 345 g/mol. The van der Waals surface area contributed by atoms with Crippen LogP contribution in [-0.2, 0) is 6.42 Å². The van der Waals surface area contributed by atoms with Crippen LogP contribution < -0.4 is 10.5 Å². The number of anilines is 1. The maximum atomic E-state index is 9.90. The van der Waals surface area contributed by atoms with Crippen molar-refractivity contribution in [1.29, 1.82) is 5.26 Å². The van der Waals surface area contributed by atoms with Crippen molar-refractivity contribution >= 4 is 5.82 Å². The van der Waals surface area contributed by atoms with Gasteiger partial charge in [0.05, 0.1) is 12.8 Å². The summed E-state index contributed by atoms with van der Waals surface area (Å²) in [6.07, 6.45) is 0.671. The lowest BCUT2D eigenvalue weighted by Crippen LogP contribution is -2.05. The molecule has 1 heterocycles. The lowest BCUT2D eigenvalue weighted by atomic mass is 9.90.